The molecule has 4 nitrogen and oxygen atoms in total. The lowest BCUT2D eigenvalue weighted by Gasteiger charge is -2.27. The Labute approximate surface area is 110 Å². The molecule has 0 saturated carbocycles. The van der Waals surface area contributed by atoms with E-state index in [0.29, 0.717) is 0 Å². The zero-order valence-electron chi connectivity index (χ0n) is 11.6. The van der Waals surface area contributed by atoms with Gasteiger partial charge in [-0.25, -0.2) is 4.98 Å². The zero-order chi connectivity index (χ0) is 12.6. The third-order valence-corrected chi connectivity index (χ3v) is 3.64. The zero-order valence-corrected chi connectivity index (χ0v) is 11.6. The maximum atomic E-state index is 4.39. The summed E-state index contributed by atoms with van der Waals surface area (Å²) in [5, 5.41) is 3.54. The van der Waals surface area contributed by atoms with E-state index in [1.807, 2.05) is 6.20 Å². The molecule has 0 amide bonds. The maximum absolute atomic E-state index is 4.39. The van der Waals surface area contributed by atoms with Crippen molar-refractivity contribution in [3.8, 4) is 0 Å². The standard InChI is InChI=1S/C14H26N4/c1-2-3-4-5-6-15-7-9-17-11-12-18-10-8-16-14(18)13-17/h8,10,15H,2-7,9,11-13H2,1H3. The molecule has 1 aliphatic heterocycles. The highest BCUT2D eigenvalue weighted by Crippen LogP contribution is 2.08. The van der Waals surface area contributed by atoms with Crippen LogP contribution in [0.25, 0.3) is 0 Å². The lowest BCUT2D eigenvalue weighted by Crippen LogP contribution is -2.38. The lowest BCUT2D eigenvalue weighted by molar-refractivity contribution is 0.217. The number of nitrogens with one attached hydrogen (secondary N) is 1. The summed E-state index contributed by atoms with van der Waals surface area (Å²) in [4.78, 5) is 6.87. The first-order valence-corrected chi connectivity index (χ1v) is 7.33. The highest BCUT2D eigenvalue weighted by atomic mass is 15.2. The van der Waals surface area contributed by atoms with Crippen LogP contribution in [0.4, 0.5) is 0 Å². The van der Waals surface area contributed by atoms with Gasteiger partial charge in [-0.15, -0.1) is 0 Å². The molecule has 0 radical (unpaired) electrons. The number of hydrogen-bond donors (Lipinski definition) is 1. The van der Waals surface area contributed by atoms with E-state index in [1.54, 1.807) is 0 Å². The molecule has 0 aliphatic carbocycles. The summed E-state index contributed by atoms with van der Waals surface area (Å²) >= 11 is 0. The van der Waals surface area contributed by atoms with Crippen LogP contribution < -0.4 is 5.32 Å². The minimum atomic E-state index is 1.00. The third-order valence-electron chi connectivity index (χ3n) is 3.64. The molecule has 1 N–H and O–H groups in total. The molecule has 1 aromatic heterocycles. The SMILES string of the molecule is CCCCCCNCCN1CCn2ccnc2C1. The number of rotatable bonds is 8. The van der Waals surface area contributed by atoms with Crippen molar-refractivity contribution in [1.29, 1.82) is 0 Å². The predicted octanol–water partition coefficient (Wildman–Crippen LogP) is 1.87. The Morgan fingerprint density at radius 3 is 3.06 bits per heavy atom. The Morgan fingerprint density at radius 1 is 1.22 bits per heavy atom. The van der Waals surface area contributed by atoms with Gasteiger partial charge >= 0.3 is 0 Å². The van der Waals surface area contributed by atoms with Crippen molar-refractivity contribution >= 4 is 0 Å². The van der Waals surface area contributed by atoms with Crippen molar-refractivity contribution in [1.82, 2.24) is 19.8 Å². The van der Waals surface area contributed by atoms with Crippen LogP contribution in [-0.2, 0) is 13.1 Å². The van der Waals surface area contributed by atoms with Crippen LogP contribution in [0.2, 0.25) is 0 Å². The van der Waals surface area contributed by atoms with Gasteiger partial charge in [0.1, 0.15) is 5.82 Å². The molecule has 0 unspecified atom stereocenters. The van der Waals surface area contributed by atoms with E-state index in [-0.39, 0.29) is 0 Å². The quantitative estimate of drug-likeness (QED) is 0.715. The molecule has 1 aliphatic rings. The molecule has 4 heteroatoms. The Bertz CT molecular complexity index is 334. The van der Waals surface area contributed by atoms with Gasteiger partial charge in [-0.3, -0.25) is 4.90 Å². The third kappa shape index (κ3) is 4.10. The summed E-state index contributed by atoms with van der Waals surface area (Å²) in [7, 11) is 0. The largest absolute Gasteiger partial charge is 0.333 e. The number of unbranched alkanes of at least 4 members (excludes halogenated alkanes) is 3. The predicted molar refractivity (Wildman–Crippen MR) is 74.5 cm³/mol. The first-order valence-electron chi connectivity index (χ1n) is 7.33. The Morgan fingerprint density at radius 2 is 2.17 bits per heavy atom. The highest BCUT2D eigenvalue weighted by Gasteiger charge is 2.15. The second kappa shape index (κ2) is 7.54. The number of fused-ring (bicyclic) bond motifs is 1. The first-order chi connectivity index (χ1) is 8.90. The Kier molecular flexibility index (Phi) is 5.68. The van der Waals surface area contributed by atoms with E-state index < -0.39 is 0 Å². The van der Waals surface area contributed by atoms with Crippen LogP contribution >= 0.6 is 0 Å². The molecule has 0 aromatic carbocycles. The van der Waals surface area contributed by atoms with Crippen molar-refractivity contribution in [2.45, 2.75) is 45.7 Å². The van der Waals surface area contributed by atoms with Gasteiger partial charge in [-0.1, -0.05) is 26.2 Å². The van der Waals surface area contributed by atoms with Gasteiger partial charge in [-0.05, 0) is 13.0 Å². The lowest BCUT2D eigenvalue weighted by atomic mass is 10.2. The van der Waals surface area contributed by atoms with Gasteiger partial charge in [-0.2, -0.15) is 0 Å². The van der Waals surface area contributed by atoms with Gasteiger partial charge in [0.05, 0.1) is 6.54 Å². The molecule has 0 bridgehead atoms. The van der Waals surface area contributed by atoms with E-state index in [1.165, 1.54) is 38.1 Å². The van der Waals surface area contributed by atoms with Crippen LogP contribution in [0.5, 0.6) is 0 Å². The normalized spacial score (nSPS) is 15.8. The second-order valence-corrected chi connectivity index (χ2v) is 5.12. The molecular weight excluding hydrogens is 224 g/mol. The fraction of sp³-hybridized carbons (Fsp3) is 0.786. The van der Waals surface area contributed by atoms with Crippen molar-refractivity contribution in [2.24, 2.45) is 0 Å². The summed E-state index contributed by atoms with van der Waals surface area (Å²) in [5.74, 6) is 1.21. The van der Waals surface area contributed by atoms with Crippen LogP contribution in [0.1, 0.15) is 38.4 Å². The monoisotopic (exact) mass is 250 g/mol. The molecule has 0 atom stereocenters. The molecular formula is C14H26N4. The number of nitrogens with zero attached hydrogens (tertiary/aromatic N) is 3. The van der Waals surface area contributed by atoms with Gasteiger partial charge in [0.25, 0.3) is 0 Å². The van der Waals surface area contributed by atoms with E-state index in [4.69, 9.17) is 0 Å². The van der Waals surface area contributed by atoms with Gasteiger partial charge in [0, 0.05) is 38.6 Å². The van der Waals surface area contributed by atoms with Crippen molar-refractivity contribution < 1.29 is 0 Å². The minimum Gasteiger partial charge on any atom is -0.333 e. The Hall–Kier alpha value is -0.870. The topological polar surface area (TPSA) is 33.1 Å². The smallest absolute Gasteiger partial charge is 0.122 e. The molecule has 102 valence electrons. The minimum absolute atomic E-state index is 1.00. The molecule has 2 rings (SSSR count). The Balaban J connectivity index is 1.53. The van der Waals surface area contributed by atoms with Crippen molar-refractivity contribution in [3.05, 3.63) is 18.2 Å². The number of imidazole rings is 1. The molecule has 18 heavy (non-hydrogen) atoms. The fourth-order valence-corrected chi connectivity index (χ4v) is 2.45. The molecule has 0 spiro atoms. The molecule has 0 fully saturated rings. The molecule has 2 heterocycles. The van der Waals surface area contributed by atoms with E-state index in [2.05, 4.69) is 32.9 Å². The maximum Gasteiger partial charge on any atom is 0.122 e. The summed E-state index contributed by atoms with van der Waals surface area (Å²) < 4.78 is 2.26. The van der Waals surface area contributed by atoms with Gasteiger partial charge < -0.3 is 9.88 Å². The second-order valence-electron chi connectivity index (χ2n) is 5.12. The summed E-state index contributed by atoms with van der Waals surface area (Å²) in [6.45, 7) is 8.92. The van der Waals surface area contributed by atoms with Gasteiger partial charge in [0.15, 0.2) is 0 Å². The van der Waals surface area contributed by atoms with Crippen LogP contribution in [0, 0.1) is 0 Å². The number of aromatic nitrogens is 2. The highest BCUT2D eigenvalue weighted by molar-refractivity contribution is 4.95. The van der Waals surface area contributed by atoms with E-state index in [0.717, 1.165) is 32.7 Å². The fourth-order valence-electron chi connectivity index (χ4n) is 2.45. The van der Waals surface area contributed by atoms with E-state index >= 15 is 0 Å². The van der Waals surface area contributed by atoms with Crippen LogP contribution in [0.3, 0.4) is 0 Å². The van der Waals surface area contributed by atoms with Crippen LogP contribution in [0.15, 0.2) is 12.4 Å². The van der Waals surface area contributed by atoms with Crippen molar-refractivity contribution in [2.75, 3.05) is 26.2 Å². The summed E-state index contributed by atoms with van der Waals surface area (Å²) in [6.07, 6.45) is 9.36. The summed E-state index contributed by atoms with van der Waals surface area (Å²) in [5.41, 5.74) is 0. The van der Waals surface area contributed by atoms with Gasteiger partial charge in [0.2, 0.25) is 0 Å². The average molecular weight is 250 g/mol. The average Bonchev–Trinajstić information content (AvgIpc) is 2.85. The van der Waals surface area contributed by atoms with Crippen LogP contribution in [-0.4, -0.2) is 40.6 Å². The summed E-state index contributed by atoms with van der Waals surface area (Å²) in [6, 6.07) is 0. The number of hydrogen-bond acceptors (Lipinski definition) is 3. The van der Waals surface area contributed by atoms with Crippen molar-refractivity contribution in [3.63, 3.8) is 0 Å². The van der Waals surface area contributed by atoms with E-state index in [9.17, 15) is 0 Å². The molecule has 0 saturated heterocycles. The first kappa shape index (κ1) is 13.6. The molecule has 1 aromatic rings.